The van der Waals surface area contributed by atoms with Gasteiger partial charge in [0.2, 0.25) is 0 Å². The summed E-state index contributed by atoms with van der Waals surface area (Å²) in [6, 6.07) is 8.29. The molecule has 1 aromatic carbocycles. The van der Waals surface area contributed by atoms with Gasteiger partial charge >= 0.3 is 0 Å². The third-order valence-electron chi connectivity index (χ3n) is 3.15. The lowest BCUT2D eigenvalue weighted by molar-refractivity contribution is 0.356. The maximum atomic E-state index is 6.43. The Morgan fingerprint density at radius 3 is 2.61 bits per heavy atom. The Kier molecular flexibility index (Phi) is 3.72. The number of rotatable bonds is 3. The fraction of sp³-hybridized carbons (Fsp3) is 0.500. The fourth-order valence-corrected chi connectivity index (χ4v) is 2.26. The molecule has 0 aliphatic carbocycles. The molecule has 0 fully saturated rings. The lowest BCUT2D eigenvalue weighted by Crippen LogP contribution is -2.05. The van der Waals surface area contributed by atoms with Crippen LogP contribution in [0.2, 0.25) is 0 Å². The van der Waals surface area contributed by atoms with E-state index in [0.717, 1.165) is 29.6 Å². The van der Waals surface area contributed by atoms with E-state index in [1.807, 2.05) is 6.07 Å². The molecule has 1 unspecified atom stereocenters. The van der Waals surface area contributed by atoms with Crippen LogP contribution in [0.5, 0.6) is 0 Å². The third-order valence-corrected chi connectivity index (χ3v) is 3.58. The molecule has 0 saturated carbocycles. The van der Waals surface area contributed by atoms with Gasteiger partial charge in [-0.05, 0) is 43.4 Å². The smallest absolute Gasteiger partial charge is 0.134 e. The van der Waals surface area contributed by atoms with Crippen molar-refractivity contribution in [1.29, 1.82) is 0 Å². The van der Waals surface area contributed by atoms with Gasteiger partial charge in [-0.15, -0.1) is 11.6 Å². The molecular weight excluding hydrogens is 244 g/mol. The summed E-state index contributed by atoms with van der Waals surface area (Å²) in [6.07, 6.45) is 2.04. The van der Waals surface area contributed by atoms with Gasteiger partial charge in [-0.3, -0.25) is 0 Å². The van der Waals surface area contributed by atoms with Crippen LogP contribution in [-0.2, 0) is 0 Å². The van der Waals surface area contributed by atoms with E-state index in [2.05, 4.69) is 45.9 Å². The largest absolute Gasteiger partial charge is 0.460 e. The van der Waals surface area contributed by atoms with Crippen molar-refractivity contribution in [2.45, 2.75) is 45.9 Å². The van der Waals surface area contributed by atoms with E-state index in [1.165, 1.54) is 5.56 Å². The molecule has 2 heteroatoms. The Morgan fingerprint density at radius 1 is 1.22 bits per heavy atom. The molecule has 1 atom stereocenters. The summed E-state index contributed by atoms with van der Waals surface area (Å²) < 4.78 is 5.82. The summed E-state index contributed by atoms with van der Waals surface area (Å²) in [6.45, 7) is 8.79. The van der Waals surface area contributed by atoms with Gasteiger partial charge in [-0.25, -0.2) is 0 Å². The zero-order valence-electron chi connectivity index (χ0n) is 11.6. The average molecular weight is 265 g/mol. The van der Waals surface area contributed by atoms with Crippen LogP contribution in [0.15, 0.2) is 28.7 Å². The van der Waals surface area contributed by atoms with Crippen molar-refractivity contribution >= 4 is 22.6 Å². The topological polar surface area (TPSA) is 13.1 Å². The number of benzene rings is 1. The minimum absolute atomic E-state index is 0.0306. The molecule has 2 rings (SSSR count). The van der Waals surface area contributed by atoms with Crippen molar-refractivity contribution in [3.63, 3.8) is 0 Å². The lowest BCUT2D eigenvalue weighted by Gasteiger charge is -2.19. The van der Waals surface area contributed by atoms with Gasteiger partial charge < -0.3 is 4.42 Å². The van der Waals surface area contributed by atoms with Crippen LogP contribution in [0.3, 0.4) is 0 Å². The van der Waals surface area contributed by atoms with E-state index in [9.17, 15) is 0 Å². The van der Waals surface area contributed by atoms with Gasteiger partial charge in [-0.2, -0.15) is 0 Å². The van der Waals surface area contributed by atoms with E-state index in [4.69, 9.17) is 16.0 Å². The van der Waals surface area contributed by atoms with Crippen molar-refractivity contribution in [1.82, 2.24) is 0 Å². The second-order valence-electron chi connectivity index (χ2n) is 6.26. The Hall–Kier alpha value is -0.950. The van der Waals surface area contributed by atoms with Crippen LogP contribution < -0.4 is 0 Å². The monoisotopic (exact) mass is 264 g/mol. The molecule has 0 saturated heterocycles. The molecule has 0 spiro atoms. The fourth-order valence-electron chi connectivity index (χ4n) is 2.04. The minimum atomic E-state index is -0.0306. The number of hydrogen-bond acceptors (Lipinski definition) is 1. The van der Waals surface area contributed by atoms with Gasteiger partial charge in [0.15, 0.2) is 0 Å². The standard InChI is InChI=1S/C16H21ClO/c1-11-5-6-14-12(9-11)10-15(18-14)13(17)7-8-16(2,3)4/h5-6,9-10,13H,7-8H2,1-4H3. The summed E-state index contributed by atoms with van der Waals surface area (Å²) in [5, 5.41) is 1.11. The Balaban J connectivity index is 2.15. The van der Waals surface area contributed by atoms with E-state index >= 15 is 0 Å². The normalized spacial score (nSPS) is 14.1. The lowest BCUT2D eigenvalue weighted by atomic mass is 9.89. The second kappa shape index (κ2) is 4.97. The molecule has 0 aliphatic heterocycles. The van der Waals surface area contributed by atoms with Crippen molar-refractivity contribution in [3.8, 4) is 0 Å². The van der Waals surface area contributed by atoms with E-state index < -0.39 is 0 Å². The average Bonchev–Trinajstić information content (AvgIpc) is 2.67. The molecular formula is C16H21ClO. The summed E-state index contributed by atoms with van der Waals surface area (Å²) in [5.74, 6) is 0.890. The van der Waals surface area contributed by atoms with Crippen LogP contribution in [-0.4, -0.2) is 0 Å². The van der Waals surface area contributed by atoms with Gasteiger partial charge in [0.05, 0.1) is 5.38 Å². The maximum absolute atomic E-state index is 6.43. The molecule has 0 radical (unpaired) electrons. The Labute approximate surface area is 114 Å². The molecule has 98 valence electrons. The first kappa shape index (κ1) is 13.5. The molecule has 2 aromatic rings. The van der Waals surface area contributed by atoms with E-state index in [1.54, 1.807) is 0 Å². The van der Waals surface area contributed by atoms with Crippen LogP contribution in [0, 0.1) is 12.3 Å². The highest BCUT2D eigenvalue weighted by Crippen LogP contribution is 2.34. The van der Waals surface area contributed by atoms with Crippen LogP contribution in [0.25, 0.3) is 11.0 Å². The maximum Gasteiger partial charge on any atom is 0.134 e. The SMILES string of the molecule is Cc1ccc2oc(C(Cl)CCC(C)(C)C)cc2c1. The molecule has 0 bridgehead atoms. The minimum Gasteiger partial charge on any atom is -0.460 e. The van der Waals surface area contributed by atoms with Crippen molar-refractivity contribution in [2.75, 3.05) is 0 Å². The first-order valence-corrected chi connectivity index (χ1v) is 6.93. The number of halogens is 1. The predicted octanol–water partition coefficient (Wildman–Crippen LogP) is 5.85. The van der Waals surface area contributed by atoms with Crippen LogP contribution >= 0.6 is 11.6 Å². The van der Waals surface area contributed by atoms with Crippen LogP contribution in [0.4, 0.5) is 0 Å². The third kappa shape index (κ3) is 3.29. The molecule has 1 heterocycles. The van der Waals surface area contributed by atoms with Crippen molar-refractivity contribution < 1.29 is 4.42 Å². The van der Waals surface area contributed by atoms with Gasteiger partial charge in [0.1, 0.15) is 11.3 Å². The number of furan rings is 1. The summed E-state index contributed by atoms with van der Waals surface area (Å²) in [4.78, 5) is 0. The zero-order valence-corrected chi connectivity index (χ0v) is 12.3. The first-order chi connectivity index (χ1) is 8.35. The molecule has 0 N–H and O–H groups in total. The summed E-state index contributed by atoms with van der Waals surface area (Å²) in [7, 11) is 0. The van der Waals surface area contributed by atoms with Crippen LogP contribution in [0.1, 0.15) is 50.3 Å². The Morgan fingerprint density at radius 2 is 1.94 bits per heavy atom. The van der Waals surface area contributed by atoms with E-state index in [0.29, 0.717) is 5.41 Å². The van der Waals surface area contributed by atoms with Crippen molar-refractivity contribution in [3.05, 3.63) is 35.6 Å². The van der Waals surface area contributed by atoms with Gasteiger partial charge in [0.25, 0.3) is 0 Å². The number of aryl methyl sites for hydroxylation is 1. The predicted molar refractivity (Wildman–Crippen MR) is 78.2 cm³/mol. The quantitative estimate of drug-likeness (QED) is 0.634. The summed E-state index contributed by atoms with van der Waals surface area (Å²) >= 11 is 6.43. The Bertz CT molecular complexity index is 534. The van der Waals surface area contributed by atoms with Crippen molar-refractivity contribution in [2.24, 2.45) is 5.41 Å². The highest BCUT2D eigenvalue weighted by Gasteiger charge is 2.18. The number of alkyl halides is 1. The number of hydrogen-bond donors (Lipinski definition) is 0. The second-order valence-corrected chi connectivity index (χ2v) is 6.78. The first-order valence-electron chi connectivity index (χ1n) is 6.49. The highest BCUT2D eigenvalue weighted by molar-refractivity contribution is 6.20. The molecule has 0 aliphatic rings. The van der Waals surface area contributed by atoms with Gasteiger partial charge in [-0.1, -0.05) is 32.4 Å². The zero-order chi connectivity index (χ0) is 13.3. The summed E-state index contributed by atoms with van der Waals surface area (Å²) in [5.41, 5.74) is 2.49. The molecule has 0 amide bonds. The van der Waals surface area contributed by atoms with E-state index in [-0.39, 0.29) is 5.38 Å². The molecule has 1 nitrogen and oxygen atoms in total. The molecule has 1 aromatic heterocycles. The number of fused-ring (bicyclic) bond motifs is 1. The molecule has 18 heavy (non-hydrogen) atoms. The van der Waals surface area contributed by atoms with Gasteiger partial charge in [0, 0.05) is 5.39 Å². The highest BCUT2D eigenvalue weighted by atomic mass is 35.5.